The van der Waals surface area contributed by atoms with Gasteiger partial charge in [0.25, 0.3) is 0 Å². The number of hydrogen-bond donors (Lipinski definition) is 6. The molecule has 400 valence electrons. The summed E-state index contributed by atoms with van der Waals surface area (Å²) in [5.41, 5.74) is -4.21. The Hall–Kier alpha value is -3.55. The molecule has 2 aromatic carbocycles. The maximum absolute atomic E-state index is 14.7. The van der Waals surface area contributed by atoms with Crippen molar-refractivity contribution in [3.05, 3.63) is 42.5 Å². The highest BCUT2D eigenvalue weighted by Crippen LogP contribution is 2.40. The third kappa shape index (κ3) is 14.0. The Morgan fingerprint density at radius 3 is 2.25 bits per heavy atom. The second-order valence-corrected chi connectivity index (χ2v) is 21.6. The molecule has 2 aromatic rings. The van der Waals surface area contributed by atoms with E-state index in [0.29, 0.717) is 12.1 Å². The summed E-state index contributed by atoms with van der Waals surface area (Å²) in [5.74, 6) is -3.07. The maximum Gasteiger partial charge on any atom is 0.321 e. The molecule has 0 aliphatic carbocycles. The molecule has 0 unspecified atom stereocenters. The Labute approximate surface area is 421 Å². The van der Waals surface area contributed by atoms with Crippen molar-refractivity contribution in [3.63, 3.8) is 0 Å². The van der Waals surface area contributed by atoms with Gasteiger partial charge in [0, 0.05) is 63.4 Å². The van der Waals surface area contributed by atoms with Gasteiger partial charge in [-0.15, -0.1) is 0 Å². The number of nitriles is 1. The van der Waals surface area contributed by atoms with Gasteiger partial charge in [0.2, 0.25) is 0 Å². The number of nitrogens with one attached hydrogen (secondary N) is 1. The lowest BCUT2D eigenvalue weighted by atomic mass is 9.77. The van der Waals surface area contributed by atoms with Gasteiger partial charge in [-0.2, -0.15) is 5.26 Å². The van der Waals surface area contributed by atoms with Crippen molar-refractivity contribution in [2.24, 2.45) is 17.8 Å². The monoisotopic (exact) mass is 1000 g/mol. The number of rotatable bonds is 13. The molecule has 0 saturated carbocycles. The lowest BCUT2D eigenvalue weighted by molar-refractivity contribution is -0.318. The molecule has 6 N–H and O–H groups in total. The standard InChI is InChI=1S/C53H85N5O13/c1-14-41-53(10,65)45(60)35(6)58(25-24-57(23-17-22-54)50(63)55-39-21-20-37-18-15-16-19-38(37)27-39)30-31(2)28-51(8,64)47(71-49-43(59)40(56(11)12)26-32(3)67-49)33(4)44(34(5)48(62)69-41)70-42-29-52(9,66-13)46(61)36(7)68-42/h15-16,18-21,27,31-36,40-47,49,59-61,64-65H,14,17,23-26,28-30H2,1-13H3,(H,55,63)/t31-,32-,33+,34-,35-,36+,40+,41-,42-,43-,44+,45-,46+,47-,49+,51-,52-,53-/m1/s1. The Morgan fingerprint density at radius 2 is 1.62 bits per heavy atom. The van der Waals surface area contributed by atoms with Crippen LogP contribution < -0.4 is 5.32 Å². The molecule has 18 heteroatoms. The predicted octanol–water partition coefficient (Wildman–Crippen LogP) is 4.87. The number of amides is 2. The summed E-state index contributed by atoms with van der Waals surface area (Å²) in [4.78, 5) is 34.0. The smallest absolute Gasteiger partial charge is 0.321 e. The van der Waals surface area contributed by atoms with Crippen LogP contribution in [-0.4, -0.2) is 190 Å². The summed E-state index contributed by atoms with van der Waals surface area (Å²) < 4.78 is 38.2. The van der Waals surface area contributed by atoms with Gasteiger partial charge >= 0.3 is 12.0 Å². The third-order valence-electron chi connectivity index (χ3n) is 15.5. The molecule has 18 atom stereocenters. The Bertz CT molecular complexity index is 2090. The van der Waals surface area contributed by atoms with E-state index in [1.807, 2.05) is 80.2 Å². The summed E-state index contributed by atoms with van der Waals surface area (Å²) in [6.45, 7) is 17.9. The number of cyclic esters (lactones) is 1. The van der Waals surface area contributed by atoms with Crippen LogP contribution in [0.1, 0.15) is 101 Å². The molecule has 3 aliphatic heterocycles. The highest BCUT2D eigenvalue weighted by atomic mass is 16.7. The first-order chi connectivity index (χ1) is 33.3. The van der Waals surface area contributed by atoms with E-state index in [1.54, 1.807) is 53.4 Å². The molecular formula is C53H85N5O13. The van der Waals surface area contributed by atoms with Crippen molar-refractivity contribution in [1.82, 2.24) is 14.7 Å². The highest BCUT2D eigenvalue weighted by Gasteiger charge is 2.53. The number of methoxy groups -OCH3 is 1. The minimum atomic E-state index is -2.00. The van der Waals surface area contributed by atoms with Gasteiger partial charge in [-0.3, -0.25) is 9.69 Å². The molecule has 0 spiro atoms. The summed E-state index contributed by atoms with van der Waals surface area (Å²) in [7, 11) is 5.23. The molecule has 5 rings (SSSR count). The van der Waals surface area contributed by atoms with E-state index >= 15 is 0 Å². The number of hydrogen-bond acceptors (Lipinski definition) is 16. The van der Waals surface area contributed by atoms with E-state index < -0.39 is 102 Å². The number of esters is 1. The number of urea groups is 1. The van der Waals surface area contributed by atoms with E-state index in [2.05, 4.69) is 11.4 Å². The number of benzene rings is 2. The Morgan fingerprint density at radius 1 is 0.944 bits per heavy atom. The van der Waals surface area contributed by atoms with Gasteiger partial charge in [-0.25, -0.2) is 4.79 Å². The van der Waals surface area contributed by atoms with Crippen LogP contribution in [0.5, 0.6) is 0 Å². The number of nitrogens with zero attached hydrogens (tertiary/aromatic N) is 4. The second-order valence-electron chi connectivity index (χ2n) is 21.6. The number of likely N-dealkylation sites (N-methyl/N-ethyl adjacent to an activating group) is 1. The summed E-state index contributed by atoms with van der Waals surface area (Å²) in [6.07, 6.45) is -9.50. The highest BCUT2D eigenvalue weighted by molar-refractivity contribution is 5.93. The van der Waals surface area contributed by atoms with Gasteiger partial charge in [-0.1, -0.05) is 51.1 Å². The molecule has 71 heavy (non-hydrogen) atoms. The van der Waals surface area contributed by atoms with Gasteiger partial charge in [0.05, 0.1) is 54.0 Å². The van der Waals surface area contributed by atoms with Gasteiger partial charge < -0.3 is 69.1 Å². The molecule has 0 bridgehead atoms. The number of aliphatic hydroxyl groups is 5. The zero-order chi connectivity index (χ0) is 52.7. The SMILES string of the molecule is CC[C@H]1OC(=O)[C@H](C)[C@@H](O[C@@H]2C[C@@](C)(OC)[C@@H](O)[C@H](C)O2)[C@H](C)[C@@H](O[C@@H]2O[C@H](C)C[C@H](N(C)C)[C@H]2O)[C@](C)(O)C[C@@H](C)CN(CCN(CCC#N)C(=O)Nc2ccc3ccccc3c2)[C@H](C)[C@@H](O)[C@]1(C)O. The van der Waals surface area contributed by atoms with Crippen molar-refractivity contribution in [2.75, 3.05) is 52.7 Å². The minimum absolute atomic E-state index is 0.0660. The lowest BCUT2D eigenvalue weighted by Crippen LogP contribution is -2.60. The van der Waals surface area contributed by atoms with Gasteiger partial charge in [-0.05, 0) is 111 Å². The molecule has 18 nitrogen and oxygen atoms in total. The molecule has 0 aromatic heterocycles. The third-order valence-corrected chi connectivity index (χ3v) is 15.5. The summed E-state index contributed by atoms with van der Waals surface area (Å²) in [6, 6.07) is 14.0. The van der Waals surface area contributed by atoms with Crippen molar-refractivity contribution >= 4 is 28.5 Å². The van der Waals surface area contributed by atoms with Crippen LogP contribution in [0, 0.1) is 29.1 Å². The van der Waals surface area contributed by atoms with Crippen LogP contribution in [-0.2, 0) is 33.2 Å². The van der Waals surface area contributed by atoms with Crippen molar-refractivity contribution in [1.29, 1.82) is 5.26 Å². The van der Waals surface area contributed by atoms with Crippen LogP contribution in [0.4, 0.5) is 10.5 Å². The van der Waals surface area contributed by atoms with Crippen molar-refractivity contribution < 1.29 is 63.5 Å². The van der Waals surface area contributed by atoms with E-state index in [1.165, 1.54) is 14.0 Å². The zero-order valence-electron chi connectivity index (χ0n) is 44.4. The van der Waals surface area contributed by atoms with Crippen LogP contribution >= 0.6 is 0 Å². The van der Waals surface area contributed by atoms with Gasteiger partial charge in [0.1, 0.15) is 30.0 Å². The molecule has 3 heterocycles. The zero-order valence-corrected chi connectivity index (χ0v) is 44.4. The first-order valence-electron chi connectivity index (χ1n) is 25.5. The van der Waals surface area contributed by atoms with Crippen molar-refractivity contribution in [3.8, 4) is 6.07 Å². The molecular weight excluding hydrogens is 915 g/mol. The average Bonchev–Trinajstić information content (AvgIpc) is 3.31. The summed E-state index contributed by atoms with van der Waals surface area (Å²) in [5, 5.41) is 75.0. The molecule has 0 radical (unpaired) electrons. The second kappa shape index (κ2) is 24.7. The number of carbonyl (C=O) groups is 2. The fourth-order valence-corrected chi connectivity index (χ4v) is 11.1. The van der Waals surface area contributed by atoms with Crippen LogP contribution in [0.15, 0.2) is 42.5 Å². The predicted molar refractivity (Wildman–Crippen MR) is 268 cm³/mol. The van der Waals surface area contributed by atoms with Crippen LogP contribution in [0.25, 0.3) is 10.8 Å². The lowest BCUT2D eigenvalue weighted by Gasteiger charge is -2.48. The van der Waals surface area contributed by atoms with Crippen molar-refractivity contribution in [2.45, 2.75) is 192 Å². The number of fused-ring (bicyclic) bond motifs is 1. The van der Waals surface area contributed by atoms with E-state index in [-0.39, 0.29) is 69.9 Å². The van der Waals surface area contributed by atoms with Gasteiger partial charge in [0.15, 0.2) is 12.6 Å². The normalized spacial score (nSPS) is 39.2. The average molecular weight is 1000 g/mol. The Balaban J connectivity index is 1.55. The fraction of sp³-hybridized carbons (Fsp3) is 0.755. The topological polar surface area (TPSA) is 236 Å². The number of aliphatic hydroxyl groups excluding tert-OH is 3. The number of ether oxygens (including phenoxy) is 6. The number of anilines is 1. The molecule has 2 amide bonds. The quantitative estimate of drug-likeness (QED) is 0.147. The van der Waals surface area contributed by atoms with E-state index in [9.17, 15) is 40.4 Å². The van der Waals surface area contributed by atoms with Crippen LogP contribution in [0.2, 0.25) is 0 Å². The van der Waals surface area contributed by atoms with E-state index in [4.69, 9.17) is 28.4 Å². The van der Waals surface area contributed by atoms with Crippen LogP contribution in [0.3, 0.4) is 0 Å². The number of carbonyl (C=O) groups excluding carboxylic acids is 2. The largest absolute Gasteiger partial charge is 0.459 e. The Kier molecular flexibility index (Phi) is 20.3. The minimum Gasteiger partial charge on any atom is -0.459 e. The summed E-state index contributed by atoms with van der Waals surface area (Å²) >= 11 is 0. The molecule has 3 aliphatic rings. The molecule has 3 saturated heterocycles. The maximum atomic E-state index is 14.7. The molecule has 3 fully saturated rings. The first kappa shape index (κ1) is 58.3. The first-order valence-corrected chi connectivity index (χ1v) is 25.5. The fourth-order valence-electron chi connectivity index (χ4n) is 11.1. The van der Waals surface area contributed by atoms with E-state index in [0.717, 1.165) is 10.8 Å².